The Morgan fingerprint density at radius 1 is 1.25 bits per heavy atom. The number of methoxy groups -OCH3 is 1. The van der Waals surface area contributed by atoms with Gasteiger partial charge in [0.25, 0.3) is 0 Å². The highest BCUT2D eigenvalue weighted by atomic mass is 16.6. The van der Waals surface area contributed by atoms with E-state index in [0.29, 0.717) is 13.0 Å². The first-order valence-corrected chi connectivity index (χ1v) is 6.93. The highest BCUT2D eigenvalue weighted by molar-refractivity contribution is 5.69. The summed E-state index contributed by atoms with van der Waals surface area (Å²) in [4.78, 5) is 25.2. The van der Waals surface area contributed by atoms with Gasteiger partial charge in [-0.15, -0.1) is 0 Å². The average Bonchev–Trinajstić information content (AvgIpc) is 2.64. The topological polar surface area (TPSA) is 67.9 Å². The minimum atomic E-state index is -0.498. The van der Waals surface area contributed by atoms with Crippen LogP contribution in [-0.4, -0.2) is 56.4 Å². The summed E-state index contributed by atoms with van der Waals surface area (Å²) >= 11 is 0. The Bertz CT molecular complexity index is 352. The summed E-state index contributed by atoms with van der Waals surface area (Å²) in [5.74, 6) is 0.251. The quantitative estimate of drug-likeness (QED) is 0.788. The Balaban J connectivity index is 2.44. The SMILES string of the molecule is COC(=O)C[C@H]1CN(C)C[C@H]1CNC(=O)OC(C)(C)C. The van der Waals surface area contributed by atoms with Crippen LogP contribution in [0, 0.1) is 11.8 Å². The van der Waals surface area contributed by atoms with Gasteiger partial charge in [0.15, 0.2) is 0 Å². The maximum absolute atomic E-state index is 11.6. The second kappa shape index (κ2) is 6.92. The Hall–Kier alpha value is -1.30. The first-order chi connectivity index (χ1) is 9.21. The normalized spacial score (nSPS) is 23.4. The molecule has 1 aliphatic heterocycles. The van der Waals surface area contributed by atoms with Gasteiger partial charge >= 0.3 is 12.1 Å². The number of nitrogens with zero attached hydrogens (tertiary/aromatic N) is 1. The van der Waals surface area contributed by atoms with Crippen molar-refractivity contribution < 1.29 is 19.1 Å². The lowest BCUT2D eigenvalue weighted by molar-refractivity contribution is -0.141. The number of hydrogen-bond acceptors (Lipinski definition) is 5. The molecule has 1 saturated heterocycles. The molecule has 6 nitrogen and oxygen atoms in total. The number of likely N-dealkylation sites (tertiary alicyclic amines) is 1. The summed E-state index contributed by atoms with van der Waals surface area (Å²) in [6.45, 7) is 7.70. The van der Waals surface area contributed by atoms with E-state index in [1.54, 1.807) is 0 Å². The van der Waals surface area contributed by atoms with Crippen LogP contribution < -0.4 is 5.32 Å². The molecule has 0 aromatic rings. The molecule has 6 heteroatoms. The molecule has 1 N–H and O–H groups in total. The number of carbonyl (C=O) groups excluding carboxylic acids is 2. The third-order valence-corrected chi connectivity index (χ3v) is 3.32. The largest absolute Gasteiger partial charge is 0.469 e. The van der Waals surface area contributed by atoms with Crippen LogP contribution >= 0.6 is 0 Å². The van der Waals surface area contributed by atoms with Crippen LogP contribution in [0.15, 0.2) is 0 Å². The Morgan fingerprint density at radius 3 is 2.40 bits per heavy atom. The van der Waals surface area contributed by atoms with Crippen molar-refractivity contribution in [2.75, 3.05) is 33.8 Å². The van der Waals surface area contributed by atoms with Gasteiger partial charge in [0.2, 0.25) is 0 Å². The predicted octanol–water partition coefficient (Wildman–Crippen LogP) is 1.25. The molecule has 0 aromatic heterocycles. The van der Waals surface area contributed by atoms with Gasteiger partial charge in [-0.3, -0.25) is 4.79 Å². The van der Waals surface area contributed by atoms with Crippen LogP contribution in [-0.2, 0) is 14.3 Å². The molecule has 0 unspecified atom stereocenters. The molecule has 1 fully saturated rings. The van der Waals surface area contributed by atoms with Crippen LogP contribution in [0.3, 0.4) is 0 Å². The molecule has 0 spiro atoms. The van der Waals surface area contributed by atoms with Gasteiger partial charge in [-0.1, -0.05) is 0 Å². The van der Waals surface area contributed by atoms with Gasteiger partial charge in [-0.25, -0.2) is 4.79 Å². The fourth-order valence-electron chi connectivity index (χ4n) is 2.46. The van der Waals surface area contributed by atoms with E-state index in [0.717, 1.165) is 13.1 Å². The summed E-state index contributed by atoms with van der Waals surface area (Å²) < 4.78 is 9.92. The second-order valence-corrected chi connectivity index (χ2v) is 6.40. The molecule has 0 aromatic carbocycles. The molecule has 0 saturated carbocycles. The fourth-order valence-corrected chi connectivity index (χ4v) is 2.46. The number of rotatable bonds is 4. The third-order valence-electron chi connectivity index (χ3n) is 3.32. The van der Waals surface area contributed by atoms with Crippen molar-refractivity contribution in [2.45, 2.75) is 32.8 Å². The summed E-state index contributed by atoms with van der Waals surface area (Å²) in [5.41, 5.74) is -0.498. The molecule has 1 rings (SSSR count). The highest BCUT2D eigenvalue weighted by Crippen LogP contribution is 2.25. The number of nitrogens with one attached hydrogen (secondary N) is 1. The maximum atomic E-state index is 11.6. The number of alkyl carbamates (subject to hydrolysis) is 1. The van der Waals surface area contributed by atoms with Crippen molar-refractivity contribution in [1.82, 2.24) is 10.2 Å². The molecular weight excluding hydrogens is 260 g/mol. The van der Waals surface area contributed by atoms with Crippen LogP contribution in [0.25, 0.3) is 0 Å². The molecule has 116 valence electrons. The average molecular weight is 286 g/mol. The Kier molecular flexibility index (Phi) is 5.80. The van der Waals surface area contributed by atoms with E-state index in [1.165, 1.54) is 7.11 Å². The molecule has 1 amide bonds. The zero-order valence-corrected chi connectivity index (χ0v) is 13.1. The smallest absolute Gasteiger partial charge is 0.407 e. The Labute approximate surface area is 120 Å². The molecular formula is C14H26N2O4. The zero-order chi connectivity index (χ0) is 15.3. The van der Waals surface area contributed by atoms with E-state index in [9.17, 15) is 9.59 Å². The fraction of sp³-hybridized carbons (Fsp3) is 0.857. The standard InChI is InChI=1S/C14H26N2O4/c1-14(2,3)20-13(18)15-7-11-9-16(4)8-10(11)6-12(17)19-5/h10-11H,6-9H2,1-5H3,(H,15,18)/t10-,11+/m0/s1. The summed E-state index contributed by atoms with van der Waals surface area (Å²) in [7, 11) is 3.41. The van der Waals surface area contributed by atoms with Gasteiger partial charge in [-0.05, 0) is 39.7 Å². The minimum absolute atomic E-state index is 0.201. The monoisotopic (exact) mass is 286 g/mol. The Morgan fingerprint density at radius 2 is 1.85 bits per heavy atom. The molecule has 1 heterocycles. The third kappa shape index (κ3) is 5.77. The van der Waals surface area contributed by atoms with Gasteiger partial charge < -0.3 is 19.7 Å². The lowest BCUT2D eigenvalue weighted by atomic mass is 9.93. The first-order valence-electron chi connectivity index (χ1n) is 6.93. The molecule has 0 bridgehead atoms. The summed E-state index contributed by atoms with van der Waals surface area (Å²) in [6.07, 6.45) is -0.0227. The maximum Gasteiger partial charge on any atom is 0.407 e. The van der Waals surface area contributed by atoms with E-state index < -0.39 is 11.7 Å². The highest BCUT2D eigenvalue weighted by Gasteiger charge is 2.33. The molecule has 2 atom stereocenters. The number of hydrogen-bond donors (Lipinski definition) is 1. The number of carbonyl (C=O) groups is 2. The van der Waals surface area contributed by atoms with Gasteiger partial charge in [0.05, 0.1) is 7.11 Å². The molecule has 20 heavy (non-hydrogen) atoms. The molecule has 0 aliphatic carbocycles. The van der Waals surface area contributed by atoms with Crippen molar-refractivity contribution in [3.8, 4) is 0 Å². The molecule has 0 radical (unpaired) electrons. The van der Waals surface area contributed by atoms with Crippen molar-refractivity contribution in [3.05, 3.63) is 0 Å². The van der Waals surface area contributed by atoms with Gasteiger partial charge in [0.1, 0.15) is 5.60 Å². The van der Waals surface area contributed by atoms with Crippen molar-refractivity contribution in [2.24, 2.45) is 11.8 Å². The van der Waals surface area contributed by atoms with Crippen LogP contribution in [0.1, 0.15) is 27.2 Å². The number of ether oxygens (including phenoxy) is 2. The first kappa shape index (κ1) is 16.8. The van der Waals surface area contributed by atoms with E-state index in [2.05, 4.69) is 10.2 Å². The summed E-state index contributed by atoms with van der Waals surface area (Å²) in [6, 6.07) is 0. The van der Waals surface area contributed by atoms with Gasteiger partial charge in [-0.2, -0.15) is 0 Å². The van der Waals surface area contributed by atoms with Gasteiger partial charge in [0, 0.05) is 26.1 Å². The van der Waals surface area contributed by atoms with Crippen LogP contribution in [0.5, 0.6) is 0 Å². The molecule has 1 aliphatic rings. The van der Waals surface area contributed by atoms with Crippen molar-refractivity contribution in [3.63, 3.8) is 0 Å². The van der Waals surface area contributed by atoms with E-state index in [1.807, 2.05) is 27.8 Å². The predicted molar refractivity (Wildman–Crippen MR) is 75.3 cm³/mol. The lowest BCUT2D eigenvalue weighted by Crippen LogP contribution is -2.37. The number of esters is 1. The van der Waals surface area contributed by atoms with E-state index in [4.69, 9.17) is 9.47 Å². The van der Waals surface area contributed by atoms with Crippen molar-refractivity contribution in [1.29, 1.82) is 0 Å². The van der Waals surface area contributed by atoms with E-state index in [-0.39, 0.29) is 17.8 Å². The van der Waals surface area contributed by atoms with E-state index >= 15 is 0 Å². The number of amides is 1. The van der Waals surface area contributed by atoms with Crippen LogP contribution in [0.4, 0.5) is 4.79 Å². The second-order valence-electron chi connectivity index (χ2n) is 6.40. The van der Waals surface area contributed by atoms with Crippen molar-refractivity contribution >= 4 is 12.1 Å². The zero-order valence-electron chi connectivity index (χ0n) is 13.1. The lowest BCUT2D eigenvalue weighted by Gasteiger charge is -2.22. The van der Waals surface area contributed by atoms with Crippen LogP contribution in [0.2, 0.25) is 0 Å². The minimum Gasteiger partial charge on any atom is -0.469 e. The summed E-state index contributed by atoms with van der Waals surface area (Å²) in [5, 5.41) is 2.78.